The van der Waals surface area contributed by atoms with E-state index in [4.69, 9.17) is 4.74 Å². The molecule has 0 spiro atoms. The molecular weight excluding hydrogens is 486 g/mol. The average Bonchev–Trinajstić information content (AvgIpc) is 2.91. The largest absolute Gasteiger partial charge is 0.489 e. The fourth-order valence-corrected chi connectivity index (χ4v) is 5.41. The summed E-state index contributed by atoms with van der Waals surface area (Å²) in [5.41, 5.74) is 3.38. The minimum absolute atomic E-state index is 0.0215. The van der Waals surface area contributed by atoms with E-state index in [2.05, 4.69) is 0 Å². The summed E-state index contributed by atoms with van der Waals surface area (Å²) in [5.74, 6) is -0.416. The lowest BCUT2D eigenvalue weighted by Gasteiger charge is -2.23. The van der Waals surface area contributed by atoms with Gasteiger partial charge in [0.2, 0.25) is 10.0 Å². The van der Waals surface area contributed by atoms with Crippen molar-refractivity contribution in [3.8, 4) is 5.75 Å². The molecule has 4 aromatic carbocycles. The van der Waals surface area contributed by atoms with Crippen LogP contribution in [0.25, 0.3) is 0 Å². The number of benzene rings is 4. The van der Waals surface area contributed by atoms with Crippen LogP contribution >= 0.6 is 0 Å². The number of aromatic carboxylic acids is 1. The van der Waals surface area contributed by atoms with E-state index in [0.717, 1.165) is 22.4 Å². The summed E-state index contributed by atoms with van der Waals surface area (Å²) >= 11 is 0. The molecule has 0 fully saturated rings. The predicted molar refractivity (Wildman–Crippen MR) is 143 cm³/mol. The third-order valence-electron chi connectivity index (χ3n) is 6.10. The van der Waals surface area contributed by atoms with E-state index in [9.17, 15) is 18.3 Å². The van der Waals surface area contributed by atoms with Gasteiger partial charge in [0, 0.05) is 13.1 Å². The second-order valence-corrected chi connectivity index (χ2v) is 10.7. The molecule has 0 amide bonds. The molecule has 0 unspecified atom stereocenters. The molecule has 0 saturated carbocycles. The summed E-state index contributed by atoms with van der Waals surface area (Å²) in [6, 6.07) is 31.1. The molecule has 0 aliphatic rings. The monoisotopic (exact) mass is 515 g/mol. The molecule has 0 radical (unpaired) electrons. The van der Waals surface area contributed by atoms with Crippen LogP contribution in [-0.2, 0) is 29.6 Å². The number of carboxylic acid groups (broad SMARTS) is 1. The summed E-state index contributed by atoms with van der Waals surface area (Å²) < 4.78 is 34.5. The maximum absolute atomic E-state index is 13.6. The first kappa shape index (κ1) is 26.1. The van der Waals surface area contributed by atoms with Crippen LogP contribution in [-0.4, -0.2) is 30.3 Å². The van der Waals surface area contributed by atoms with Crippen LogP contribution in [0.2, 0.25) is 0 Å². The van der Waals surface area contributed by atoms with Gasteiger partial charge in [-0.2, -0.15) is 4.31 Å². The maximum atomic E-state index is 13.6. The van der Waals surface area contributed by atoms with Crippen molar-refractivity contribution in [1.82, 2.24) is 4.31 Å². The molecule has 0 aliphatic heterocycles. The molecule has 1 N–H and O–H groups in total. The first-order valence-corrected chi connectivity index (χ1v) is 13.4. The van der Waals surface area contributed by atoms with Gasteiger partial charge in [0.25, 0.3) is 0 Å². The summed E-state index contributed by atoms with van der Waals surface area (Å²) in [7, 11) is -3.94. The number of rotatable bonds is 11. The van der Waals surface area contributed by atoms with Crippen LogP contribution < -0.4 is 4.74 Å². The Morgan fingerprint density at radius 1 is 0.811 bits per heavy atom. The third-order valence-corrected chi connectivity index (χ3v) is 7.94. The molecule has 4 rings (SSSR count). The Kier molecular flexibility index (Phi) is 8.38. The quantitative estimate of drug-likeness (QED) is 0.277. The zero-order valence-electron chi connectivity index (χ0n) is 20.6. The molecule has 7 heteroatoms. The standard InChI is InChI=1S/C30H29NO5S/c1-23-12-17-28(20-29(23)30(32)33)37(34,35)31(21-25-8-4-2-5-9-25)19-18-24-13-15-27(16-14-24)36-22-26-10-6-3-7-11-26/h2-17,20H,18-19,21-22H2,1H3,(H,32,33). The fourth-order valence-electron chi connectivity index (χ4n) is 3.96. The first-order valence-electron chi connectivity index (χ1n) is 12.0. The van der Waals surface area contributed by atoms with E-state index in [1.165, 1.54) is 22.5 Å². The Hall–Kier alpha value is -3.94. The lowest BCUT2D eigenvalue weighted by molar-refractivity contribution is 0.0696. The normalized spacial score (nSPS) is 11.4. The highest BCUT2D eigenvalue weighted by Crippen LogP contribution is 2.23. The van der Waals surface area contributed by atoms with Gasteiger partial charge in [0.1, 0.15) is 12.4 Å². The predicted octanol–water partition coefficient (Wildman–Crippen LogP) is 5.71. The van der Waals surface area contributed by atoms with Crippen molar-refractivity contribution in [1.29, 1.82) is 0 Å². The number of ether oxygens (including phenoxy) is 1. The summed E-state index contributed by atoms with van der Waals surface area (Å²) in [5, 5.41) is 9.49. The SMILES string of the molecule is Cc1ccc(S(=O)(=O)N(CCc2ccc(OCc3ccccc3)cc2)Cc2ccccc2)cc1C(=O)O. The van der Waals surface area contributed by atoms with Crippen LogP contribution in [0.1, 0.15) is 32.6 Å². The second kappa shape index (κ2) is 11.9. The van der Waals surface area contributed by atoms with Crippen LogP contribution in [0.15, 0.2) is 108 Å². The Morgan fingerprint density at radius 3 is 2.05 bits per heavy atom. The number of hydrogen-bond donors (Lipinski definition) is 1. The average molecular weight is 516 g/mol. The smallest absolute Gasteiger partial charge is 0.335 e. The molecule has 0 atom stereocenters. The first-order chi connectivity index (χ1) is 17.8. The Labute approximate surface area is 217 Å². The number of nitrogens with zero attached hydrogens (tertiary/aromatic N) is 1. The molecular formula is C30H29NO5S. The number of carboxylic acids is 1. The second-order valence-electron chi connectivity index (χ2n) is 8.77. The van der Waals surface area contributed by atoms with Gasteiger partial charge in [-0.25, -0.2) is 13.2 Å². The highest BCUT2D eigenvalue weighted by molar-refractivity contribution is 7.89. The summed E-state index contributed by atoms with van der Waals surface area (Å²) in [4.78, 5) is 11.6. The van der Waals surface area contributed by atoms with Crippen LogP contribution in [0.4, 0.5) is 0 Å². The lowest BCUT2D eigenvalue weighted by Crippen LogP contribution is -2.32. The van der Waals surface area contributed by atoms with Gasteiger partial charge in [-0.15, -0.1) is 0 Å². The van der Waals surface area contributed by atoms with Gasteiger partial charge in [0.15, 0.2) is 0 Å². The molecule has 37 heavy (non-hydrogen) atoms. The molecule has 0 aliphatic carbocycles. The molecule has 0 bridgehead atoms. The van der Waals surface area contributed by atoms with E-state index < -0.39 is 16.0 Å². The minimum Gasteiger partial charge on any atom is -0.489 e. The van der Waals surface area contributed by atoms with Gasteiger partial charge < -0.3 is 9.84 Å². The van der Waals surface area contributed by atoms with Crippen LogP contribution in [0.5, 0.6) is 5.75 Å². The summed E-state index contributed by atoms with van der Waals surface area (Å²) in [6.45, 7) is 2.53. The van der Waals surface area contributed by atoms with E-state index in [1.807, 2.05) is 84.9 Å². The number of sulfonamides is 1. The van der Waals surface area contributed by atoms with Gasteiger partial charge in [-0.1, -0.05) is 78.9 Å². The molecule has 0 saturated heterocycles. The summed E-state index contributed by atoms with van der Waals surface area (Å²) in [6.07, 6.45) is 0.489. The number of carbonyl (C=O) groups is 1. The minimum atomic E-state index is -3.94. The van der Waals surface area contributed by atoms with Crippen molar-refractivity contribution in [2.75, 3.05) is 6.54 Å². The van der Waals surface area contributed by atoms with Gasteiger partial charge in [0.05, 0.1) is 10.5 Å². The molecule has 6 nitrogen and oxygen atoms in total. The molecule has 0 aromatic heterocycles. The number of hydrogen-bond acceptors (Lipinski definition) is 4. The maximum Gasteiger partial charge on any atom is 0.335 e. The van der Waals surface area contributed by atoms with Crippen LogP contribution in [0, 0.1) is 6.92 Å². The third kappa shape index (κ3) is 6.84. The highest BCUT2D eigenvalue weighted by atomic mass is 32.2. The van der Waals surface area contributed by atoms with Gasteiger partial charge >= 0.3 is 5.97 Å². The zero-order chi connectivity index (χ0) is 26.3. The van der Waals surface area contributed by atoms with Gasteiger partial charge in [-0.05, 0) is 59.9 Å². The van der Waals surface area contributed by atoms with Crippen LogP contribution in [0.3, 0.4) is 0 Å². The topological polar surface area (TPSA) is 83.9 Å². The van der Waals surface area contributed by atoms with Crippen molar-refractivity contribution in [3.63, 3.8) is 0 Å². The molecule has 4 aromatic rings. The van der Waals surface area contributed by atoms with Crippen molar-refractivity contribution in [2.45, 2.75) is 31.4 Å². The molecule has 190 valence electrons. The van der Waals surface area contributed by atoms with E-state index in [0.29, 0.717) is 18.6 Å². The lowest BCUT2D eigenvalue weighted by atomic mass is 10.1. The van der Waals surface area contributed by atoms with E-state index in [1.54, 1.807) is 6.92 Å². The Bertz CT molecular complexity index is 1440. The zero-order valence-corrected chi connectivity index (χ0v) is 21.4. The van der Waals surface area contributed by atoms with Crippen molar-refractivity contribution in [3.05, 3.63) is 131 Å². The molecule has 0 heterocycles. The Balaban J connectivity index is 1.51. The Morgan fingerprint density at radius 2 is 1.43 bits per heavy atom. The van der Waals surface area contributed by atoms with E-state index in [-0.39, 0.29) is 23.5 Å². The van der Waals surface area contributed by atoms with Crippen molar-refractivity contribution in [2.24, 2.45) is 0 Å². The number of aryl methyl sites for hydroxylation is 1. The van der Waals surface area contributed by atoms with E-state index >= 15 is 0 Å². The van der Waals surface area contributed by atoms with Gasteiger partial charge in [-0.3, -0.25) is 0 Å². The highest BCUT2D eigenvalue weighted by Gasteiger charge is 2.26. The van der Waals surface area contributed by atoms with Crippen molar-refractivity contribution < 1.29 is 23.1 Å². The fraction of sp³-hybridized carbons (Fsp3) is 0.167. The van der Waals surface area contributed by atoms with Crippen molar-refractivity contribution >= 4 is 16.0 Å².